The summed E-state index contributed by atoms with van der Waals surface area (Å²) in [5, 5.41) is 4.51. The minimum Gasteiger partial charge on any atom is -0.469 e. The summed E-state index contributed by atoms with van der Waals surface area (Å²) in [5.41, 5.74) is 9.30. The maximum atomic E-state index is 14.1. The van der Waals surface area contributed by atoms with E-state index in [1.165, 1.54) is 7.11 Å². The molecule has 2 saturated heterocycles. The number of nitrogens with one attached hydrogen (secondary N) is 2. The van der Waals surface area contributed by atoms with E-state index < -0.39 is 17.2 Å². The van der Waals surface area contributed by atoms with Crippen LogP contribution in [-0.4, -0.2) is 117 Å². The molecule has 15 heteroatoms. The SMILES string of the molecule is CCCC(C)(OC(=O)C1CCC(C(=O)ON)CC1)c1cc(CNN2CCN(C)CC2)c(C(C)(CC)OC(=O)C2CCC(C(=O)OC)CC2)cc1CNN1CCN(C)CC1. The number of rotatable bonds is 17. The summed E-state index contributed by atoms with van der Waals surface area (Å²) in [6.45, 7) is 16.5. The van der Waals surface area contributed by atoms with Crippen molar-refractivity contribution in [2.45, 2.75) is 123 Å². The van der Waals surface area contributed by atoms with Crippen molar-refractivity contribution < 1.29 is 38.2 Å². The van der Waals surface area contributed by atoms with Crippen LogP contribution in [0.2, 0.25) is 0 Å². The van der Waals surface area contributed by atoms with Crippen molar-refractivity contribution >= 4 is 23.9 Å². The number of benzene rings is 1. The zero-order valence-corrected chi connectivity index (χ0v) is 36.9. The highest BCUT2D eigenvalue weighted by Gasteiger charge is 2.41. The molecule has 2 aliphatic carbocycles. The smallest absolute Gasteiger partial charge is 0.327 e. The quantitative estimate of drug-likeness (QED) is 0.117. The molecule has 2 saturated carbocycles. The van der Waals surface area contributed by atoms with Gasteiger partial charge in [0.05, 0.1) is 30.8 Å². The normalized spacial score (nSPS) is 26.0. The molecular weight excluding hydrogens is 755 g/mol. The summed E-state index contributed by atoms with van der Waals surface area (Å²) in [6, 6.07) is 4.38. The molecule has 0 amide bonds. The first kappa shape index (κ1) is 46.9. The number of piperazine rings is 2. The Morgan fingerprint density at radius 3 is 1.37 bits per heavy atom. The second-order valence-corrected chi connectivity index (χ2v) is 17.9. The third kappa shape index (κ3) is 12.2. The lowest BCUT2D eigenvalue weighted by Crippen LogP contribution is -2.51. The van der Waals surface area contributed by atoms with Gasteiger partial charge in [0.25, 0.3) is 0 Å². The van der Waals surface area contributed by atoms with E-state index in [1.807, 2.05) is 13.8 Å². The molecule has 0 spiro atoms. The van der Waals surface area contributed by atoms with Gasteiger partial charge < -0.3 is 28.8 Å². The van der Waals surface area contributed by atoms with E-state index in [1.54, 1.807) is 0 Å². The maximum absolute atomic E-state index is 14.1. The molecule has 59 heavy (non-hydrogen) atoms. The monoisotopic (exact) mass is 828 g/mol. The van der Waals surface area contributed by atoms with Crippen molar-refractivity contribution in [3.05, 3.63) is 34.4 Å². The topological polar surface area (TPSA) is 168 Å². The fourth-order valence-electron chi connectivity index (χ4n) is 9.33. The van der Waals surface area contributed by atoms with Gasteiger partial charge in [0, 0.05) is 76.6 Å². The fourth-order valence-corrected chi connectivity index (χ4v) is 9.33. The number of carbonyl (C=O) groups excluding carboxylic acids is 4. The van der Waals surface area contributed by atoms with Crippen LogP contribution in [0.3, 0.4) is 0 Å². The standard InChI is InChI=1S/C44H73N7O8/c1-8-18-44(4,58-41(54)33-14-16-34(17-15-33)42(55)59-45)38-28-35(29-46-50-23-19-48(5)20-24-50)37(27-36(38)30-47-51-25-21-49(6)22-26-51)43(3,9-2)57-40(53)32-12-10-31(11-13-32)39(52)56-7/h27-28,31-34,46-47H,8-26,29-30,45H2,1-7H3. The molecule has 15 nitrogen and oxygen atoms in total. The average Bonchev–Trinajstić information content (AvgIpc) is 3.25. The molecule has 4 aliphatic rings. The van der Waals surface area contributed by atoms with E-state index in [2.05, 4.69) is 75.6 Å². The van der Waals surface area contributed by atoms with Gasteiger partial charge >= 0.3 is 23.9 Å². The van der Waals surface area contributed by atoms with Crippen LogP contribution in [0, 0.1) is 23.7 Å². The minimum absolute atomic E-state index is 0.187. The Morgan fingerprint density at radius 1 is 0.627 bits per heavy atom. The van der Waals surface area contributed by atoms with E-state index in [0.29, 0.717) is 77.3 Å². The first-order valence-electron chi connectivity index (χ1n) is 22.2. The molecule has 0 aromatic heterocycles. The number of methoxy groups -OCH3 is 1. The second-order valence-electron chi connectivity index (χ2n) is 17.9. The van der Waals surface area contributed by atoms with Gasteiger partial charge in [0.15, 0.2) is 0 Å². The number of likely N-dealkylation sites (N-methyl/N-ethyl adjacent to an activating group) is 2. The highest BCUT2D eigenvalue weighted by atomic mass is 16.7. The molecule has 2 atom stereocenters. The van der Waals surface area contributed by atoms with E-state index in [0.717, 1.165) is 81.0 Å². The maximum Gasteiger partial charge on any atom is 0.327 e. The molecule has 332 valence electrons. The lowest BCUT2D eigenvalue weighted by molar-refractivity contribution is -0.169. The van der Waals surface area contributed by atoms with Crippen molar-refractivity contribution in [3.8, 4) is 0 Å². The molecule has 0 radical (unpaired) electrons. The number of hydrogen-bond acceptors (Lipinski definition) is 15. The summed E-state index contributed by atoms with van der Waals surface area (Å²) in [5.74, 6) is 2.91. The molecule has 4 fully saturated rings. The summed E-state index contributed by atoms with van der Waals surface area (Å²) < 4.78 is 18.3. The van der Waals surface area contributed by atoms with Gasteiger partial charge in [-0.1, -0.05) is 20.3 Å². The van der Waals surface area contributed by atoms with Crippen LogP contribution in [-0.2, 0) is 62.5 Å². The number of carbonyl (C=O) groups is 4. The Labute approximate surface area is 352 Å². The second kappa shape index (κ2) is 21.6. The van der Waals surface area contributed by atoms with Gasteiger partial charge in [0.1, 0.15) is 11.2 Å². The van der Waals surface area contributed by atoms with Gasteiger partial charge in [-0.15, -0.1) is 0 Å². The first-order valence-corrected chi connectivity index (χ1v) is 22.2. The van der Waals surface area contributed by atoms with E-state index >= 15 is 0 Å². The Bertz CT molecular complexity index is 1570. The van der Waals surface area contributed by atoms with Crippen molar-refractivity contribution in [1.29, 1.82) is 0 Å². The predicted molar refractivity (Wildman–Crippen MR) is 224 cm³/mol. The third-order valence-electron chi connectivity index (χ3n) is 13.6. The van der Waals surface area contributed by atoms with Crippen LogP contribution in [0.1, 0.15) is 121 Å². The number of hydrazine groups is 2. The molecule has 1 aromatic carbocycles. The fraction of sp³-hybridized carbons (Fsp3) is 0.773. The van der Waals surface area contributed by atoms with E-state index in [9.17, 15) is 19.2 Å². The average molecular weight is 828 g/mol. The van der Waals surface area contributed by atoms with Crippen LogP contribution >= 0.6 is 0 Å². The van der Waals surface area contributed by atoms with Crippen LogP contribution < -0.4 is 16.7 Å². The molecular formula is C44H73N7O8. The van der Waals surface area contributed by atoms with Crippen LogP contribution in [0.4, 0.5) is 0 Å². The lowest BCUT2D eigenvalue weighted by atomic mass is 9.79. The Morgan fingerprint density at radius 2 is 1.00 bits per heavy atom. The zero-order valence-electron chi connectivity index (χ0n) is 36.9. The number of esters is 3. The number of hydrogen-bond donors (Lipinski definition) is 3. The summed E-state index contributed by atoms with van der Waals surface area (Å²) in [7, 11) is 5.68. The van der Waals surface area contributed by atoms with Crippen LogP contribution in [0.15, 0.2) is 12.1 Å². The molecule has 2 unspecified atom stereocenters. The number of nitrogens with two attached hydrogens (primary N) is 1. The van der Waals surface area contributed by atoms with Crippen molar-refractivity contribution in [1.82, 2.24) is 30.7 Å². The highest BCUT2D eigenvalue weighted by Crippen LogP contribution is 2.42. The molecule has 4 N–H and O–H groups in total. The van der Waals surface area contributed by atoms with Gasteiger partial charge in [-0.3, -0.25) is 30.0 Å². The van der Waals surface area contributed by atoms with Gasteiger partial charge in [-0.2, -0.15) is 5.90 Å². The van der Waals surface area contributed by atoms with Crippen LogP contribution in [0.5, 0.6) is 0 Å². The molecule has 0 bridgehead atoms. The minimum atomic E-state index is -0.962. The number of ether oxygens (including phenoxy) is 3. The molecule has 1 aromatic rings. The Balaban J connectivity index is 1.51. The zero-order chi connectivity index (χ0) is 42.7. The summed E-state index contributed by atoms with van der Waals surface area (Å²) in [6.07, 6.45) is 6.40. The lowest BCUT2D eigenvalue weighted by Gasteiger charge is -2.39. The predicted octanol–water partition coefficient (Wildman–Crippen LogP) is 4.12. The first-order chi connectivity index (χ1) is 28.2. The van der Waals surface area contributed by atoms with Gasteiger partial charge in [-0.25, -0.2) is 10.0 Å². The molecule has 5 rings (SSSR count). The third-order valence-corrected chi connectivity index (χ3v) is 13.6. The van der Waals surface area contributed by atoms with Crippen molar-refractivity contribution in [2.24, 2.45) is 29.6 Å². The molecule has 2 heterocycles. The number of nitrogens with zero attached hydrogens (tertiary/aromatic N) is 4. The summed E-state index contributed by atoms with van der Waals surface area (Å²) in [4.78, 5) is 61.7. The van der Waals surface area contributed by atoms with Gasteiger partial charge in [-0.05, 0) is 115 Å². The van der Waals surface area contributed by atoms with Crippen LogP contribution in [0.25, 0.3) is 0 Å². The molecule has 2 aliphatic heterocycles. The van der Waals surface area contributed by atoms with Crippen molar-refractivity contribution in [2.75, 3.05) is 73.6 Å². The Hall–Kier alpha value is -3.18. The Kier molecular flexibility index (Phi) is 17.1. The highest BCUT2D eigenvalue weighted by molar-refractivity contribution is 5.76. The van der Waals surface area contributed by atoms with E-state index in [4.69, 9.17) is 20.1 Å². The van der Waals surface area contributed by atoms with E-state index in [-0.39, 0.29) is 41.6 Å². The largest absolute Gasteiger partial charge is 0.469 e. The van der Waals surface area contributed by atoms with Gasteiger partial charge in [0.2, 0.25) is 0 Å². The van der Waals surface area contributed by atoms with Crippen molar-refractivity contribution in [3.63, 3.8) is 0 Å². The summed E-state index contributed by atoms with van der Waals surface area (Å²) >= 11 is 0.